The Hall–Kier alpha value is -1.87. The van der Waals surface area contributed by atoms with E-state index in [1.54, 1.807) is 0 Å². The average Bonchev–Trinajstić information content (AvgIpc) is 3.47. The van der Waals surface area contributed by atoms with E-state index >= 15 is 0 Å². The summed E-state index contributed by atoms with van der Waals surface area (Å²) >= 11 is 0. The van der Waals surface area contributed by atoms with Gasteiger partial charge in [0.05, 0.1) is 25.4 Å². The molecule has 2 aromatic carbocycles. The number of benzene rings is 2. The summed E-state index contributed by atoms with van der Waals surface area (Å²) < 4.78 is 31.3. The highest BCUT2D eigenvalue weighted by Gasteiger charge is 2.52. The highest BCUT2D eigenvalue weighted by Crippen LogP contribution is 2.40. The Morgan fingerprint density at radius 1 is 0.927 bits per heavy atom. The van der Waals surface area contributed by atoms with Gasteiger partial charge in [-0.2, -0.15) is 0 Å². The first kappa shape index (κ1) is 32.0. The van der Waals surface area contributed by atoms with Crippen molar-refractivity contribution >= 4 is 24.5 Å². The molecule has 226 valence electrons. The minimum Gasteiger partial charge on any atom is -0.407 e. The van der Waals surface area contributed by atoms with Crippen LogP contribution in [-0.4, -0.2) is 58.2 Å². The van der Waals surface area contributed by atoms with Gasteiger partial charge in [-0.15, -0.1) is 0 Å². The fourth-order valence-corrected chi connectivity index (χ4v) is 11.3. The van der Waals surface area contributed by atoms with Crippen molar-refractivity contribution in [2.24, 2.45) is 17.8 Å². The molecule has 0 radical (unpaired) electrons. The van der Waals surface area contributed by atoms with Crippen LogP contribution in [0.25, 0.3) is 0 Å². The monoisotopic (exact) mass is 582 g/mol. The van der Waals surface area contributed by atoms with Crippen LogP contribution in [0.4, 0.5) is 0 Å². The van der Waals surface area contributed by atoms with Crippen LogP contribution in [0.3, 0.4) is 0 Å². The zero-order valence-corrected chi connectivity index (χ0v) is 27.2. The van der Waals surface area contributed by atoms with Gasteiger partial charge in [-0.05, 0) is 29.3 Å². The van der Waals surface area contributed by atoms with Crippen LogP contribution >= 0.6 is 0 Å². The Morgan fingerprint density at radius 3 is 1.95 bits per heavy atom. The topological polar surface area (TPSA) is 63.2 Å². The van der Waals surface area contributed by atoms with E-state index in [0.29, 0.717) is 32.7 Å². The van der Waals surface area contributed by atoms with Crippen LogP contribution in [0.2, 0.25) is 5.04 Å². The third-order valence-corrected chi connectivity index (χ3v) is 13.7. The van der Waals surface area contributed by atoms with Crippen LogP contribution in [0.1, 0.15) is 68.2 Å². The Bertz CT molecular complexity index is 1070. The summed E-state index contributed by atoms with van der Waals surface area (Å²) in [5.74, 6) is -0.797. The number of ether oxygens (including phenoxy) is 4. The molecule has 0 saturated carbocycles. The molecule has 0 aliphatic carbocycles. The second kappa shape index (κ2) is 13.2. The predicted molar refractivity (Wildman–Crippen MR) is 165 cm³/mol. The van der Waals surface area contributed by atoms with Gasteiger partial charge in [0.1, 0.15) is 5.78 Å². The van der Waals surface area contributed by atoms with Crippen LogP contribution in [0.15, 0.2) is 60.7 Å². The van der Waals surface area contributed by atoms with E-state index in [2.05, 4.69) is 95.3 Å². The Balaban J connectivity index is 1.54. The SMILES string of the molecule is C[C@H]1[C@H]([C@@H](C)C(=O)CCC2OCCO2)OC(C)(C)O[C@@H]1[C@H](C)CO[Si](c1ccccc1)(c1ccccc1)C(C)(C)C. The zero-order chi connectivity index (χ0) is 29.8. The fraction of sp³-hybridized carbons (Fsp3) is 0.618. The lowest BCUT2D eigenvalue weighted by molar-refractivity contribution is -0.333. The Kier molecular flexibility index (Phi) is 10.3. The molecular formula is C34H50O6Si. The van der Waals surface area contributed by atoms with Gasteiger partial charge in [0, 0.05) is 37.2 Å². The number of carbonyl (C=O) groups is 1. The largest absolute Gasteiger partial charge is 0.407 e. The van der Waals surface area contributed by atoms with Gasteiger partial charge in [-0.3, -0.25) is 4.79 Å². The molecule has 2 saturated heterocycles. The lowest BCUT2D eigenvalue weighted by Crippen LogP contribution is -2.67. The second-order valence-corrected chi connectivity index (χ2v) is 17.6. The summed E-state index contributed by atoms with van der Waals surface area (Å²) in [6, 6.07) is 21.4. The predicted octanol–water partition coefficient (Wildman–Crippen LogP) is 5.71. The van der Waals surface area contributed by atoms with Gasteiger partial charge in [-0.1, -0.05) is 102 Å². The maximum atomic E-state index is 13.3. The number of carbonyl (C=O) groups excluding carboxylic acids is 1. The molecule has 0 unspecified atom stereocenters. The smallest absolute Gasteiger partial charge is 0.261 e. The summed E-state index contributed by atoms with van der Waals surface area (Å²) in [6.45, 7) is 18.9. The summed E-state index contributed by atoms with van der Waals surface area (Å²) in [7, 11) is -2.68. The number of ketones is 1. The van der Waals surface area contributed by atoms with Crippen molar-refractivity contribution in [3.05, 3.63) is 60.7 Å². The number of Topliss-reactive ketones (excluding diaryl/α,β-unsaturated/α-hetero) is 1. The van der Waals surface area contributed by atoms with Crippen LogP contribution < -0.4 is 10.4 Å². The van der Waals surface area contributed by atoms with Gasteiger partial charge in [0.25, 0.3) is 8.32 Å². The molecule has 4 rings (SSSR count). The first-order valence-corrected chi connectivity index (χ1v) is 17.1. The molecule has 0 N–H and O–H groups in total. The molecule has 2 aliphatic rings. The quantitative estimate of drug-likeness (QED) is 0.316. The minimum absolute atomic E-state index is 0.0127. The van der Waals surface area contributed by atoms with E-state index in [4.69, 9.17) is 23.4 Å². The van der Waals surface area contributed by atoms with Crippen molar-refractivity contribution in [3.8, 4) is 0 Å². The lowest BCUT2D eigenvalue weighted by Gasteiger charge is -2.49. The molecule has 2 aliphatic heterocycles. The first-order chi connectivity index (χ1) is 19.4. The molecule has 2 aromatic rings. The maximum absolute atomic E-state index is 13.3. The summed E-state index contributed by atoms with van der Waals surface area (Å²) in [6.07, 6.45) is 0.338. The molecule has 0 spiro atoms. The van der Waals surface area contributed by atoms with Gasteiger partial charge in [0.15, 0.2) is 12.1 Å². The van der Waals surface area contributed by atoms with E-state index in [9.17, 15) is 4.79 Å². The van der Waals surface area contributed by atoms with Crippen molar-refractivity contribution < 1.29 is 28.2 Å². The minimum atomic E-state index is -2.68. The van der Waals surface area contributed by atoms with Crippen molar-refractivity contribution in [2.45, 2.75) is 97.6 Å². The van der Waals surface area contributed by atoms with Gasteiger partial charge >= 0.3 is 0 Å². The highest BCUT2D eigenvalue weighted by molar-refractivity contribution is 6.99. The van der Waals surface area contributed by atoms with E-state index in [1.165, 1.54) is 10.4 Å². The highest BCUT2D eigenvalue weighted by atomic mass is 28.4. The summed E-state index contributed by atoms with van der Waals surface area (Å²) in [4.78, 5) is 13.3. The molecule has 6 nitrogen and oxygen atoms in total. The lowest BCUT2D eigenvalue weighted by atomic mass is 9.80. The summed E-state index contributed by atoms with van der Waals surface area (Å²) in [5.41, 5.74) is 0. The molecule has 0 bridgehead atoms. The third-order valence-electron chi connectivity index (χ3n) is 8.73. The number of hydrogen-bond donors (Lipinski definition) is 0. The van der Waals surface area contributed by atoms with E-state index in [0.717, 1.165) is 0 Å². The van der Waals surface area contributed by atoms with Crippen molar-refractivity contribution in [2.75, 3.05) is 19.8 Å². The molecule has 0 amide bonds. The molecular weight excluding hydrogens is 532 g/mol. The van der Waals surface area contributed by atoms with Crippen molar-refractivity contribution in [3.63, 3.8) is 0 Å². The molecule has 41 heavy (non-hydrogen) atoms. The Morgan fingerprint density at radius 2 is 1.44 bits per heavy atom. The fourth-order valence-electron chi connectivity index (χ4n) is 6.63. The Labute approximate surface area is 248 Å². The molecule has 0 aromatic heterocycles. The third kappa shape index (κ3) is 7.20. The van der Waals surface area contributed by atoms with Crippen LogP contribution in [0.5, 0.6) is 0 Å². The average molecular weight is 583 g/mol. The normalized spacial score (nSPS) is 25.1. The second-order valence-electron chi connectivity index (χ2n) is 13.3. The molecule has 5 atom stereocenters. The van der Waals surface area contributed by atoms with Crippen molar-refractivity contribution in [1.29, 1.82) is 0 Å². The zero-order valence-electron chi connectivity index (χ0n) is 26.2. The van der Waals surface area contributed by atoms with E-state index < -0.39 is 14.1 Å². The van der Waals surface area contributed by atoms with E-state index in [1.807, 2.05) is 20.8 Å². The number of rotatable bonds is 11. The molecule has 2 fully saturated rings. The van der Waals surface area contributed by atoms with Gasteiger partial charge < -0.3 is 23.4 Å². The van der Waals surface area contributed by atoms with Gasteiger partial charge in [-0.25, -0.2) is 0 Å². The first-order valence-electron chi connectivity index (χ1n) is 15.2. The maximum Gasteiger partial charge on any atom is 0.261 e. The van der Waals surface area contributed by atoms with E-state index in [-0.39, 0.29) is 47.1 Å². The van der Waals surface area contributed by atoms with Crippen LogP contribution in [-0.2, 0) is 28.2 Å². The standard InChI is InChI=1S/C34H50O6Si/c1-24(23-38-41(33(4,5)6,27-15-11-9-12-16-27)28-17-13-10-14-18-28)31-26(3)32(40-34(7,8)39-31)25(2)29(35)19-20-30-36-21-22-37-30/h9-18,24-26,30-32H,19-23H2,1-8H3/t24-,25+,26-,31-,32+/m1/s1. The van der Waals surface area contributed by atoms with Crippen molar-refractivity contribution in [1.82, 2.24) is 0 Å². The van der Waals surface area contributed by atoms with Crippen LogP contribution in [0, 0.1) is 17.8 Å². The number of hydrogen-bond acceptors (Lipinski definition) is 6. The summed E-state index contributed by atoms with van der Waals surface area (Å²) in [5, 5.41) is 2.42. The molecule has 2 heterocycles. The molecule has 7 heteroatoms. The van der Waals surface area contributed by atoms with Gasteiger partial charge in [0.2, 0.25) is 0 Å².